The summed E-state index contributed by atoms with van der Waals surface area (Å²) >= 11 is 0. The molecule has 0 aromatic heterocycles. The van der Waals surface area contributed by atoms with Gasteiger partial charge in [-0.25, -0.2) is 0 Å². The van der Waals surface area contributed by atoms with E-state index in [2.05, 4.69) is 5.32 Å². The van der Waals surface area contributed by atoms with Gasteiger partial charge in [0.1, 0.15) is 5.75 Å². The van der Waals surface area contributed by atoms with Crippen LogP contribution in [0.1, 0.15) is 36.0 Å². The molecule has 2 atom stereocenters. The molecule has 0 bridgehead atoms. The molecule has 1 aliphatic rings. The van der Waals surface area contributed by atoms with E-state index in [1.807, 2.05) is 0 Å². The summed E-state index contributed by atoms with van der Waals surface area (Å²) in [5.74, 6) is 0.436. The fourth-order valence-electron chi connectivity index (χ4n) is 2.78. The molecule has 110 valence electrons. The molecule has 2 unspecified atom stereocenters. The van der Waals surface area contributed by atoms with Crippen molar-refractivity contribution >= 4 is 11.6 Å². The molecule has 0 aliphatic heterocycles. The second kappa shape index (κ2) is 6.61. The maximum absolute atomic E-state index is 12.3. The van der Waals surface area contributed by atoms with Crippen LogP contribution in [0.5, 0.6) is 5.75 Å². The quantitative estimate of drug-likeness (QED) is 0.730. The molecule has 0 spiro atoms. The van der Waals surface area contributed by atoms with Crippen molar-refractivity contribution in [3.05, 3.63) is 23.8 Å². The van der Waals surface area contributed by atoms with Gasteiger partial charge in [0.25, 0.3) is 5.91 Å². The summed E-state index contributed by atoms with van der Waals surface area (Å²) in [6.07, 6.45) is 4.05. The van der Waals surface area contributed by atoms with Gasteiger partial charge in [-0.3, -0.25) is 4.79 Å². The zero-order valence-electron chi connectivity index (χ0n) is 11.8. The lowest BCUT2D eigenvalue weighted by Gasteiger charge is -2.31. The van der Waals surface area contributed by atoms with Gasteiger partial charge in [0.2, 0.25) is 0 Å². The minimum absolute atomic E-state index is 0.0202. The fraction of sp³-hybridized carbons (Fsp3) is 0.533. The highest BCUT2D eigenvalue weighted by Crippen LogP contribution is 2.27. The highest BCUT2D eigenvalue weighted by molar-refractivity contribution is 6.00. The number of anilines is 1. The van der Waals surface area contributed by atoms with Crippen LogP contribution in [0.4, 0.5) is 5.69 Å². The van der Waals surface area contributed by atoms with Crippen LogP contribution in [-0.2, 0) is 0 Å². The lowest BCUT2D eigenvalue weighted by molar-refractivity contribution is 0.0873. The molecule has 1 aliphatic carbocycles. The first kappa shape index (κ1) is 14.7. The molecular weight excluding hydrogens is 256 g/mol. The van der Waals surface area contributed by atoms with E-state index in [0.29, 0.717) is 17.0 Å². The van der Waals surface area contributed by atoms with Crippen molar-refractivity contribution in [2.45, 2.75) is 31.7 Å². The van der Waals surface area contributed by atoms with E-state index in [-0.39, 0.29) is 24.5 Å². The predicted molar refractivity (Wildman–Crippen MR) is 77.7 cm³/mol. The van der Waals surface area contributed by atoms with Crippen LogP contribution in [0.15, 0.2) is 18.2 Å². The van der Waals surface area contributed by atoms with Gasteiger partial charge < -0.3 is 20.9 Å². The second-order valence-electron chi connectivity index (χ2n) is 5.23. The minimum atomic E-state index is -0.202. The summed E-state index contributed by atoms with van der Waals surface area (Å²) in [6.45, 7) is 0.110. The van der Waals surface area contributed by atoms with Crippen molar-refractivity contribution in [1.82, 2.24) is 5.32 Å². The van der Waals surface area contributed by atoms with Crippen LogP contribution in [0.3, 0.4) is 0 Å². The van der Waals surface area contributed by atoms with Gasteiger partial charge in [-0.2, -0.15) is 0 Å². The van der Waals surface area contributed by atoms with Crippen molar-refractivity contribution < 1.29 is 14.6 Å². The molecule has 1 amide bonds. The third kappa shape index (κ3) is 3.04. The molecule has 5 nitrogen and oxygen atoms in total. The van der Waals surface area contributed by atoms with Crippen molar-refractivity contribution in [1.29, 1.82) is 0 Å². The van der Waals surface area contributed by atoms with Gasteiger partial charge in [-0.15, -0.1) is 0 Å². The van der Waals surface area contributed by atoms with Crippen molar-refractivity contribution in [2.75, 3.05) is 19.5 Å². The number of ether oxygens (including phenoxy) is 1. The van der Waals surface area contributed by atoms with Gasteiger partial charge >= 0.3 is 0 Å². The molecule has 20 heavy (non-hydrogen) atoms. The van der Waals surface area contributed by atoms with Crippen molar-refractivity contribution in [3.63, 3.8) is 0 Å². The van der Waals surface area contributed by atoms with E-state index >= 15 is 0 Å². The van der Waals surface area contributed by atoms with E-state index in [4.69, 9.17) is 10.5 Å². The van der Waals surface area contributed by atoms with Crippen LogP contribution >= 0.6 is 0 Å². The van der Waals surface area contributed by atoms with E-state index in [9.17, 15) is 9.90 Å². The third-order valence-electron chi connectivity index (χ3n) is 3.99. The lowest BCUT2D eigenvalue weighted by Crippen LogP contribution is -2.43. The summed E-state index contributed by atoms with van der Waals surface area (Å²) < 4.78 is 5.12. The standard InChI is InChI=1S/C15H22N2O3/c1-20-13-8-4-6-11(14(13)16)15(19)17-12-7-3-2-5-10(12)9-18/h4,6,8,10,12,18H,2-3,5,7,9,16H2,1H3,(H,17,19). The number of aliphatic hydroxyl groups excluding tert-OH is 1. The highest BCUT2D eigenvalue weighted by Gasteiger charge is 2.26. The number of carbonyl (C=O) groups is 1. The largest absolute Gasteiger partial charge is 0.495 e. The molecule has 0 radical (unpaired) electrons. The van der Waals surface area contributed by atoms with Crippen LogP contribution in [0.2, 0.25) is 0 Å². The van der Waals surface area contributed by atoms with Crippen LogP contribution < -0.4 is 15.8 Å². The topological polar surface area (TPSA) is 84.6 Å². The number of methoxy groups -OCH3 is 1. The second-order valence-corrected chi connectivity index (χ2v) is 5.23. The Balaban J connectivity index is 2.11. The Morgan fingerprint density at radius 1 is 1.45 bits per heavy atom. The van der Waals surface area contributed by atoms with Gasteiger partial charge in [0.05, 0.1) is 18.4 Å². The van der Waals surface area contributed by atoms with Gasteiger partial charge in [-0.1, -0.05) is 18.9 Å². The molecule has 1 aromatic carbocycles. The van der Waals surface area contributed by atoms with Crippen LogP contribution in [-0.4, -0.2) is 30.8 Å². The first-order chi connectivity index (χ1) is 9.67. The zero-order chi connectivity index (χ0) is 14.5. The summed E-state index contributed by atoms with van der Waals surface area (Å²) in [5, 5.41) is 12.4. The Labute approximate surface area is 119 Å². The molecular formula is C15H22N2O3. The lowest BCUT2D eigenvalue weighted by atomic mass is 9.85. The fourth-order valence-corrected chi connectivity index (χ4v) is 2.78. The summed E-state index contributed by atoms with van der Waals surface area (Å²) in [5.41, 5.74) is 6.71. The van der Waals surface area contributed by atoms with E-state index < -0.39 is 0 Å². The number of rotatable bonds is 4. The highest BCUT2D eigenvalue weighted by atomic mass is 16.5. The molecule has 1 fully saturated rings. The summed E-state index contributed by atoms with van der Waals surface area (Å²) in [6, 6.07) is 5.17. The molecule has 0 saturated heterocycles. The number of amides is 1. The van der Waals surface area contributed by atoms with E-state index in [0.717, 1.165) is 25.7 Å². The number of carbonyl (C=O) groups excluding carboxylic acids is 1. The van der Waals surface area contributed by atoms with E-state index in [1.165, 1.54) is 7.11 Å². The average molecular weight is 278 g/mol. The van der Waals surface area contributed by atoms with Crippen molar-refractivity contribution in [3.8, 4) is 5.75 Å². The number of aliphatic hydroxyl groups is 1. The molecule has 1 aromatic rings. The Morgan fingerprint density at radius 2 is 2.20 bits per heavy atom. The maximum Gasteiger partial charge on any atom is 0.253 e. The van der Waals surface area contributed by atoms with Gasteiger partial charge in [0.15, 0.2) is 0 Å². The van der Waals surface area contributed by atoms with Crippen LogP contribution in [0, 0.1) is 5.92 Å². The predicted octanol–water partition coefficient (Wildman–Crippen LogP) is 1.56. The molecule has 0 heterocycles. The Bertz CT molecular complexity index is 476. The van der Waals surface area contributed by atoms with Gasteiger partial charge in [-0.05, 0) is 25.0 Å². The van der Waals surface area contributed by atoms with E-state index in [1.54, 1.807) is 18.2 Å². The number of benzene rings is 1. The summed E-state index contributed by atoms with van der Waals surface area (Å²) in [4.78, 5) is 12.3. The average Bonchev–Trinajstić information content (AvgIpc) is 2.48. The smallest absolute Gasteiger partial charge is 0.253 e. The zero-order valence-corrected chi connectivity index (χ0v) is 11.8. The Hall–Kier alpha value is -1.75. The number of nitrogens with two attached hydrogens (primary N) is 1. The molecule has 1 saturated carbocycles. The number of hydrogen-bond donors (Lipinski definition) is 3. The van der Waals surface area contributed by atoms with Crippen LogP contribution in [0.25, 0.3) is 0 Å². The minimum Gasteiger partial charge on any atom is -0.495 e. The molecule has 5 heteroatoms. The maximum atomic E-state index is 12.3. The Morgan fingerprint density at radius 3 is 2.90 bits per heavy atom. The number of nitrogen functional groups attached to an aromatic ring is 1. The third-order valence-corrected chi connectivity index (χ3v) is 3.99. The number of nitrogens with one attached hydrogen (secondary N) is 1. The number of hydrogen-bond acceptors (Lipinski definition) is 4. The number of para-hydroxylation sites is 1. The van der Waals surface area contributed by atoms with Gasteiger partial charge in [0, 0.05) is 18.6 Å². The monoisotopic (exact) mass is 278 g/mol. The normalized spacial score (nSPS) is 22.3. The SMILES string of the molecule is COc1cccc(C(=O)NC2CCCCC2CO)c1N. The first-order valence-electron chi connectivity index (χ1n) is 7.01. The molecule has 4 N–H and O–H groups in total. The Kier molecular flexibility index (Phi) is 4.84. The van der Waals surface area contributed by atoms with Crippen molar-refractivity contribution in [2.24, 2.45) is 5.92 Å². The first-order valence-corrected chi connectivity index (χ1v) is 7.01. The molecule has 2 rings (SSSR count). The summed E-state index contributed by atoms with van der Waals surface area (Å²) in [7, 11) is 1.52.